The van der Waals surface area contributed by atoms with E-state index in [9.17, 15) is 4.79 Å². The molecule has 4 aromatic rings. The zero-order valence-electron chi connectivity index (χ0n) is 14.3. The van der Waals surface area contributed by atoms with Crippen LogP contribution < -0.4 is 10.3 Å². The highest BCUT2D eigenvalue weighted by molar-refractivity contribution is 5.83. The van der Waals surface area contributed by atoms with Crippen LogP contribution in [0.4, 0.5) is 0 Å². The van der Waals surface area contributed by atoms with Gasteiger partial charge in [-0.25, -0.2) is 4.98 Å². The lowest BCUT2D eigenvalue weighted by Crippen LogP contribution is -2.12. The van der Waals surface area contributed by atoms with Crippen molar-refractivity contribution in [3.63, 3.8) is 0 Å². The minimum absolute atomic E-state index is 0.124. The van der Waals surface area contributed by atoms with Crippen LogP contribution in [0.3, 0.4) is 0 Å². The Balaban J connectivity index is 1.60. The molecule has 0 aliphatic heterocycles. The number of hydrogen-bond donors (Lipinski definition) is 2. The number of ether oxygens (including phenoxy) is 1. The summed E-state index contributed by atoms with van der Waals surface area (Å²) in [6, 6.07) is 13.6. The number of aromatic amines is 2. The van der Waals surface area contributed by atoms with Gasteiger partial charge in [-0.3, -0.25) is 9.89 Å². The number of nitrogens with zero attached hydrogens (tertiary/aromatic N) is 2. The molecule has 6 heteroatoms. The fourth-order valence-electron chi connectivity index (χ4n) is 2.98. The summed E-state index contributed by atoms with van der Waals surface area (Å²) < 4.78 is 5.25. The SMILES string of the molecule is COc1cccc(CCc2nc3ccc(-c4cn[nH]c4)cc3c(=O)[nH]2)c1. The van der Waals surface area contributed by atoms with Gasteiger partial charge in [0.1, 0.15) is 11.6 Å². The first-order valence-electron chi connectivity index (χ1n) is 8.38. The van der Waals surface area contributed by atoms with Crippen LogP contribution in [0, 0.1) is 0 Å². The summed E-state index contributed by atoms with van der Waals surface area (Å²) in [6.45, 7) is 0. The number of aromatic nitrogens is 4. The third-order valence-corrected chi connectivity index (χ3v) is 4.37. The van der Waals surface area contributed by atoms with E-state index in [0.717, 1.165) is 28.9 Å². The molecule has 2 aromatic heterocycles. The highest BCUT2D eigenvalue weighted by Crippen LogP contribution is 2.21. The van der Waals surface area contributed by atoms with E-state index in [1.165, 1.54) is 0 Å². The lowest BCUT2D eigenvalue weighted by Gasteiger charge is -2.06. The van der Waals surface area contributed by atoms with E-state index in [0.29, 0.717) is 23.1 Å². The molecular weight excluding hydrogens is 328 g/mol. The van der Waals surface area contributed by atoms with Crippen molar-refractivity contribution in [1.29, 1.82) is 0 Å². The quantitative estimate of drug-likeness (QED) is 0.582. The molecule has 0 aliphatic rings. The lowest BCUT2D eigenvalue weighted by molar-refractivity contribution is 0.414. The molecule has 0 aliphatic carbocycles. The number of fused-ring (bicyclic) bond motifs is 1. The first kappa shape index (κ1) is 16.1. The summed E-state index contributed by atoms with van der Waals surface area (Å²) >= 11 is 0. The molecule has 4 rings (SSSR count). The average molecular weight is 346 g/mol. The summed E-state index contributed by atoms with van der Waals surface area (Å²) in [4.78, 5) is 20.0. The van der Waals surface area contributed by atoms with Crippen molar-refractivity contribution in [2.75, 3.05) is 7.11 Å². The number of aryl methyl sites for hydroxylation is 2. The number of benzene rings is 2. The molecule has 2 aromatic carbocycles. The van der Waals surface area contributed by atoms with Gasteiger partial charge in [0.2, 0.25) is 0 Å². The van der Waals surface area contributed by atoms with E-state index in [1.807, 2.05) is 42.5 Å². The normalized spacial score (nSPS) is 11.0. The number of hydrogen-bond acceptors (Lipinski definition) is 4. The maximum atomic E-state index is 12.5. The van der Waals surface area contributed by atoms with Gasteiger partial charge in [0.15, 0.2) is 0 Å². The lowest BCUT2D eigenvalue weighted by atomic mass is 10.1. The fourth-order valence-corrected chi connectivity index (χ4v) is 2.98. The Morgan fingerprint density at radius 2 is 2.00 bits per heavy atom. The molecule has 0 spiro atoms. The Kier molecular flexibility index (Phi) is 4.23. The van der Waals surface area contributed by atoms with Crippen LogP contribution in [0.15, 0.2) is 59.7 Å². The van der Waals surface area contributed by atoms with Gasteiger partial charge in [-0.05, 0) is 41.8 Å². The van der Waals surface area contributed by atoms with Crippen LogP contribution in [0.2, 0.25) is 0 Å². The Hall–Kier alpha value is -3.41. The molecule has 0 fully saturated rings. The Morgan fingerprint density at radius 3 is 2.81 bits per heavy atom. The third kappa shape index (κ3) is 3.21. The predicted octanol–water partition coefficient (Wildman–Crippen LogP) is 3.11. The molecule has 6 nitrogen and oxygen atoms in total. The van der Waals surface area contributed by atoms with Gasteiger partial charge in [-0.1, -0.05) is 18.2 Å². The molecule has 130 valence electrons. The molecule has 0 amide bonds. The van der Waals surface area contributed by atoms with Crippen molar-refractivity contribution in [3.8, 4) is 16.9 Å². The monoisotopic (exact) mass is 346 g/mol. The second-order valence-electron chi connectivity index (χ2n) is 6.08. The van der Waals surface area contributed by atoms with Gasteiger partial charge >= 0.3 is 0 Å². The zero-order chi connectivity index (χ0) is 17.9. The molecule has 0 radical (unpaired) electrons. The number of methoxy groups -OCH3 is 1. The van der Waals surface area contributed by atoms with Crippen molar-refractivity contribution in [2.24, 2.45) is 0 Å². The van der Waals surface area contributed by atoms with E-state index >= 15 is 0 Å². The Bertz CT molecular complexity index is 1100. The van der Waals surface area contributed by atoms with Crippen molar-refractivity contribution < 1.29 is 4.74 Å². The van der Waals surface area contributed by atoms with Crippen LogP contribution >= 0.6 is 0 Å². The minimum atomic E-state index is -0.124. The zero-order valence-corrected chi connectivity index (χ0v) is 14.3. The van der Waals surface area contributed by atoms with E-state index < -0.39 is 0 Å². The van der Waals surface area contributed by atoms with E-state index in [1.54, 1.807) is 19.5 Å². The van der Waals surface area contributed by atoms with Crippen LogP contribution in [-0.4, -0.2) is 27.3 Å². The molecule has 2 heterocycles. The molecular formula is C20H18N4O2. The van der Waals surface area contributed by atoms with Crippen LogP contribution in [0.5, 0.6) is 5.75 Å². The van der Waals surface area contributed by atoms with Crippen LogP contribution in [0.25, 0.3) is 22.0 Å². The standard InChI is InChI=1S/C20H18N4O2/c1-26-16-4-2-3-13(9-16)5-8-19-23-18-7-6-14(15-11-21-22-12-15)10-17(18)20(25)24-19/h2-4,6-7,9-12H,5,8H2,1H3,(H,21,22)(H,23,24,25). The van der Waals surface area contributed by atoms with Gasteiger partial charge < -0.3 is 9.72 Å². The molecule has 0 unspecified atom stereocenters. The molecule has 0 atom stereocenters. The summed E-state index contributed by atoms with van der Waals surface area (Å²) in [5, 5.41) is 7.30. The smallest absolute Gasteiger partial charge is 0.258 e. The Morgan fingerprint density at radius 1 is 1.08 bits per heavy atom. The van der Waals surface area contributed by atoms with Gasteiger partial charge in [-0.15, -0.1) is 0 Å². The van der Waals surface area contributed by atoms with Crippen molar-refractivity contribution >= 4 is 10.9 Å². The molecule has 26 heavy (non-hydrogen) atoms. The molecule has 0 bridgehead atoms. The second-order valence-corrected chi connectivity index (χ2v) is 6.08. The van der Waals surface area contributed by atoms with E-state index in [2.05, 4.69) is 20.2 Å². The molecule has 0 saturated carbocycles. The fraction of sp³-hybridized carbons (Fsp3) is 0.150. The van der Waals surface area contributed by atoms with Crippen molar-refractivity contribution in [2.45, 2.75) is 12.8 Å². The van der Waals surface area contributed by atoms with Gasteiger partial charge in [0, 0.05) is 18.2 Å². The summed E-state index contributed by atoms with van der Waals surface area (Å²) in [6.07, 6.45) is 4.96. The summed E-state index contributed by atoms with van der Waals surface area (Å²) in [5.41, 5.74) is 3.58. The number of rotatable bonds is 5. The number of H-pyrrole nitrogens is 2. The summed E-state index contributed by atoms with van der Waals surface area (Å²) in [7, 11) is 1.65. The minimum Gasteiger partial charge on any atom is -0.497 e. The third-order valence-electron chi connectivity index (χ3n) is 4.37. The highest BCUT2D eigenvalue weighted by Gasteiger charge is 2.07. The molecule has 2 N–H and O–H groups in total. The Labute approximate surface area is 149 Å². The highest BCUT2D eigenvalue weighted by atomic mass is 16.5. The summed E-state index contributed by atoms with van der Waals surface area (Å²) in [5.74, 6) is 1.51. The van der Waals surface area contributed by atoms with E-state index in [4.69, 9.17) is 4.74 Å². The second kappa shape index (κ2) is 6.84. The first-order chi connectivity index (χ1) is 12.7. The average Bonchev–Trinajstić information content (AvgIpc) is 3.21. The topological polar surface area (TPSA) is 83.7 Å². The first-order valence-corrected chi connectivity index (χ1v) is 8.38. The van der Waals surface area contributed by atoms with Gasteiger partial charge in [0.05, 0.1) is 24.2 Å². The van der Waals surface area contributed by atoms with Crippen molar-refractivity contribution in [3.05, 3.63) is 76.6 Å². The van der Waals surface area contributed by atoms with Gasteiger partial charge in [-0.2, -0.15) is 5.10 Å². The van der Waals surface area contributed by atoms with Gasteiger partial charge in [0.25, 0.3) is 5.56 Å². The van der Waals surface area contributed by atoms with Crippen molar-refractivity contribution in [1.82, 2.24) is 20.2 Å². The number of nitrogens with one attached hydrogen (secondary N) is 2. The maximum absolute atomic E-state index is 12.5. The largest absolute Gasteiger partial charge is 0.497 e. The van der Waals surface area contributed by atoms with E-state index in [-0.39, 0.29) is 5.56 Å². The predicted molar refractivity (Wildman–Crippen MR) is 100 cm³/mol. The van der Waals surface area contributed by atoms with Crippen LogP contribution in [-0.2, 0) is 12.8 Å². The molecule has 0 saturated heterocycles. The maximum Gasteiger partial charge on any atom is 0.258 e. The van der Waals surface area contributed by atoms with Crippen LogP contribution in [0.1, 0.15) is 11.4 Å².